The zero-order valence-electron chi connectivity index (χ0n) is 21.2. The first-order valence-electron chi connectivity index (χ1n) is 12.5. The third-order valence-electron chi connectivity index (χ3n) is 6.36. The van der Waals surface area contributed by atoms with Crippen molar-refractivity contribution in [1.29, 1.82) is 0 Å². The topological polar surface area (TPSA) is 100 Å². The van der Waals surface area contributed by atoms with Gasteiger partial charge in [0.05, 0.1) is 24.7 Å². The first kappa shape index (κ1) is 26.6. The maximum Gasteiger partial charge on any atom is 0.292 e. The maximum atomic E-state index is 12.7. The summed E-state index contributed by atoms with van der Waals surface area (Å²) in [7, 11) is 0. The lowest BCUT2D eigenvalue weighted by Crippen LogP contribution is -2.52. The average molecular weight is 528 g/mol. The Balaban J connectivity index is 1.33. The number of nitrogens with one attached hydrogen (secondary N) is 1. The molecule has 1 N–H and O–H groups in total. The van der Waals surface area contributed by atoms with Crippen LogP contribution in [0.25, 0.3) is 0 Å². The number of rotatable bonds is 7. The Morgan fingerprint density at radius 2 is 1.73 bits per heavy atom. The molecule has 0 spiro atoms. The molecule has 1 amide bonds. The summed E-state index contributed by atoms with van der Waals surface area (Å²) >= 11 is 5.51. The Morgan fingerprint density at radius 1 is 1.05 bits per heavy atom. The summed E-state index contributed by atoms with van der Waals surface area (Å²) in [5.74, 6) is 0.897. The number of carbonyl (C=O) groups is 1. The van der Waals surface area contributed by atoms with E-state index < -0.39 is 0 Å². The first-order valence-corrected chi connectivity index (χ1v) is 12.9. The molecule has 0 unspecified atom stereocenters. The smallest absolute Gasteiger partial charge is 0.292 e. The number of nitro benzene ring substituents is 1. The van der Waals surface area contributed by atoms with E-state index in [1.54, 1.807) is 36.4 Å². The van der Waals surface area contributed by atoms with E-state index >= 15 is 0 Å². The molecule has 0 radical (unpaired) electrons. The van der Waals surface area contributed by atoms with Crippen molar-refractivity contribution in [3.8, 4) is 5.75 Å². The van der Waals surface area contributed by atoms with Crippen LogP contribution in [0.5, 0.6) is 5.75 Å². The number of morpholine rings is 1. The summed E-state index contributed by atoms with van der Waals surface area (Å²) in [6.07, 6.45) is 0. The van der Waals surface area contributed by atoms with E-state index in [0.717, 1.165) is 11.4 Å². The second-order valence-electron chi connectivity index (χ2n) is 9.49. The number of ether oxygens (including phenoxy) is 2. The highest BCUT2D eigenvalue weighted by Gasteiger charge is 2.25. The van der Waals surface area contributed by atoms with Gasteiger partial charge < -0.3 is 24.2 Å². The zero-order chi connectivity index (χ0) is 26.4. The lowest BCUT2D eigenvalue weighted by molar-refractivity contribution is -0.384. The number of piperazine rings is 1. The predicted molar refractivity (Wildman–Crippen MR) is 147 cm³/mol. The van der Waals surface area contributed by atoms with Crippen molar-refractivity contribution in [1.82, 2.24) is 10.2 Å². The summed E-state index contributed by atoms with van der Waals surface area (Å²) < 4.78 is 11.1. The van der Waals surface area contributed by atoms with Crippen molar-refractivity contribution in [2.75, 3.05) is 68.9 Å². The molecular weight excluding hydrogens is 494 g/mol. The summed E-state index contributed by atoms with van der Waals surface area (Å²) in [6, 6.07) is 12.3. The van der Waals surface area contributed by atoms with Gasteiger partial charge in [0.25, 0.3) is 11.6 Å². The molecule has 2 aromatic carbocycles. The summed E-state index contributed by atoms with van der Waals surface area (Å²) in [5, 5.41) is 14.8. The van der Waals surface area contributed by atoms with Gasteiger partial charge in [0.2, 0.25) is 0 Å². The van der Waals surface area contributed by atoms with Gasteiger partial charge >= 0.3 is 0 Å². The number of anilines is 2. The van der Waals surface area contributed by atoms with Crippen LogP contribution >= 0.6 is 12.2 Å². The fourth-order valence-corrected chi connectivity index (χ4v) is 4.58. The van der Waals surface area contributed by atoms with Crippen LogP contribution in [0.15, 0.2) is 42.5 Å². The Kier molecular flexibility index (Phi) is 8.78. The number of amides is 1. The number of thiocarbonyl (C=S) groups is 1. The van der Waals surface area contributed by atoms with Crippen LogP contribution in [0.4, 0.5) is 17.1 Å². The van der Waals surface area contributed by atoms with E-state index in [1.165, 1.54) is 0 Å². The first-order chi connectivity index (χ1) is 17.8. The summed E-state index contributed by atoms with van der Waals surface area (Å²) in [4.78, 5) is 30.1. The molecule has 0 aliphatic carbocycles. The van der Waals surface area contributed by atoms with Crippen LogP contribution in [0.3, 0.4) is 0 Å². The van der Waals surface area contributed by atoms with E-state index in [-0.39, 0.29) is 16.5 Å². The van der Waals surface area contributed by atoms with Gasteiger partial charge in [0.1, 0.15) is 11.4 Å². The molecular formula is C26H33N5O5S. The number of carbonyl (C=O) groups excluding carboxylic acids is 1. The van der Waals surface area contributed by atoms with Gasteiger partial charge in [-0.15, -0.1) is 0 Å². The molecule has 0 saturated carbocycles. The number of benzene rings is 2. The monoisotopic (exact) mass is 527 g/mol. The molecule has 11 heteroatoms. The van der Waals surface area contributed by atoms with E-state index in [1.807, 2.05) is 15.9 Å². The minimum absolute atomic E-state index is 0.104. The van der Waals surface area contributed by atoms with Gasteiger partial charge in [-0.2, -0.15) is 0 Å². The molecule has 2 aromatic rings. The molecule has 0 aromatic heterocycles. The second-order valence-corrected chi connectivity index (χ2v) is 9.88. The maximum absolute atomic E-state index is 12.7. The molecule has 2 fully saturated rings. The van der Waals surface area contributed by atoms with Crippen LogP contribution < -0.4 is 19.9 Å². The molecule has 2 saturated heterocycles. The second kappa shape index (κ2) is 12.2. The molecule has 198 valence electrons. The average Bonchev–Trinajstić information content (AvgIpc) is 2.92. The molecule has 0 bridgehead atoms. The predicted octanol–water partition coefficient (Wildman–Crippen LogP) is 3.30. The van der Waals surface area contributed by atoms with Gasteiger partial charge in [0.15, 0.2) is 5.11 Å². The number of hydrogen-bond donors (Lipinski definition) is 1. The quantitative estimate of drug-likeness (QED) is 0.330. The standard InChI is InChI=1S/C26H33N5O5S/c1-19(2)18-36-22-6-3-20(4-7-22)25(32)27-26(37)30-11-9-28(10-12-30)21-5-8-23(31(33)34)24(17-21)29-13-15-35-16-14-29/h3-8,17,19H,9-16,18H2,1-2H3,(H,27,32,37). The molecule has 0 atom stereocenters. The van der Waals surface area contributed by atoms with Crippen molar-refractivity contribution in [3.63, 3.8) is 0 Å². The Hall–Kier alpha value is -3.44. The molecule has 2 heterocycles. The van der Waals surface area contributed by atoms with Crippen molar-refractivity contribution in [2.24, 2.45) is 5.92 Å². The highest BCUT2D eigenvalue weighted by Crippen LogP contribution is 2.33. The minimum atomic E-state index is -0.333. The van der Waals surface area contributed by atoms with Crippen LogP contribution in [-0.2, 0) is 4.74 Å². The summed E-state index contributed by atoms with van der Waals surface area (Å²) in [5.41, 5.74) is 2.17. The molecule has 10 nitrogen and oxygen atoms in total. The molecule has 2 aliphatic rings. The molecule has 2 aliphatic heterocycles. The van der Waals surface area contributed by atoms with Crippen LogP contribution in [0.2, 0.25) is 0 Å². The third kappa shape index (κ3) is 6.86. The highest BCUT2D eigenvalue weighted by atomic mass is 32.1. The Morgan fingerprint density at radius 3 is 2.35 bits per heavy atom. The van der Waals surface area contributed by atoms with E-state index in [9.17, 15) is 14.9 Å². The SMILES string of the molecule is CC(C)COc1ccc(C(=O)NC(=S)N2CCN(c3ccc([N+](=O)[O-])c(N4CCOCC4)c3)CC2)cc1. The van der Waals surface area contributed by atoms with Crippen molar-refractivity contribution < 1.29 is 19.2 Å². The lowest BCUT2D eigenvalue weighted by atomic mass is 10.1. The van der Waals surface area contributed by atoms with E-state index in [0.29, 0.717) is 81.4 Å². The van der Waals surface area contributed by atoms with Gasteiger partial charge in [-0.05, 0) is 54.5 Å². The number of nitrogens with zero attached hydrogens (tertiary/aromatic N) is 4. The Labute approximate surface area is 222 Å². The van der Waals surface area contributed by atoms with Crippen molar-refractivity contribution in [3.05, 3.63) is 58.1 Å². The number of hydrogen-bond acceptors (Lipinski definition) is 8. The van der Waals surface area contributed by atoms with Gasteiger partial charge in [-0.3, -0.25) is 20.2 Å². The molecule has 37 heavy (non-hydrogen) atoms. The summed E-state index contributed by atoms with van der Waals surface area (Å²) in [6.45, 7) is 9.76. The van der Waals surface area contributed by atoms with Gasteiger partial charge in [-0.1, -0.05) is 13.8 Å². The van der Waals surface area contributed by atoms with Crippen LogP contribution in [0.1, 0.15) is 24.2 Å². The van der Waals surface area contributed by atoms with Gasteiger partial charge in [0, 0.05) is 56.6 Å². The Bertz CT molecular complexity index is 1110. The zero-order valence-corrected chi connectivity index (χ0v) is 22.0. The fraction of sp³-hybridized carbons (Fsp3) is 0.462. The normalized spacial score (nSPS) is 16.0. The van der Waals surface area contributed by atoms with Crippen molar-refractivity contribution in [2.45, 2.75) is 13.8 Å². The lowest BCUT2D eigenvalue weighted by Gasteiger charge is -2.37. The molecule has 4 rings (SSSR count). The van der Waals surface area contributed by atoms with E-state index in [4.69, 9.17) is 21.7 Å². The van der Waals surface area contributed by atoms with E-state index in [2.05, 4.69) is 24.1 Å². The van der Waals surface area contributed by atoms with Crippen LogP contribution in [0, 0.1) is 16.0 Å². The van der Waals surface area contributed by atoms with Gasteiger partial charge in [-0.25, -0.2) is 0 Å². The largest absolute Gasteiger partial charge is 0.493 e. The third-order valence-corrected chi connectivity index (χ3v) is 6.72. The van der Waals surface area contributed by atoms with Crippen LogP contribution in [-0.4, -0.2) is 79.9 Å². The number of nitro groups is 1. The minimum Gasteiger partial charge on any atom is -0.493 e. The fourth-order valence-electron chi connectivity index (χ4n) is 4.30. The highest BCUT2D eigenvalue weighted by molar-refractivity contribution is 7.80. The van der Waals surface area contributed by atoms with Crippen molar-refractivity contribution >= 4 is 40.3 Å².